The van der Waals surface area contributed by atoms with Gasteiger partial charge in [-0.2, -0.15) is 0 Å². The number of hydrogen-bond donors (Lipinski definition) is 0. The summed E-state index contributed by atoms with van der Waals surface area (Å²) in [6.07, 6.45) is 4.49. The quantitative estimate of drug-likeness (QED) is 0.558. The second kappa shape index (κ2) is 6.87. The summed E-state index contributed by atoms with van der Waals surface area (Å²) in [5, 5.41) is 0. The average molecular weight is 428 g/mol. The van der Waals surface area contributed by atoms with Gasteiger partial charge in [0.25, 0.3) is 5.91 Å². The molecular formula is C26H25N3O3. The zero-order valence-corrected chi connectivity index (χ0v) is 17.8. The lowest BCUT2D eigenvalue weighted by Crippen LogP contribution is -2.58. The molecule has 0 bridgehead atoms. The van der Waals surface area contributed by atoms with E-state index >= 15 is 0 Å². The maximum atomic E-state index is 14.2. The number of piperidine rings is 1. The molecule has 0 saturated carbocycles. The number of para-hydroxylation sites is 2. The van der Waals surface area contributed by atoms with Crippen molar-refractivity contribution in [1.29, 1.82) is 0 Å². The number of nitrogens with zero attached hydrogens (tertiary/aromatic N) is 3. The van der Waals surface area contributed by atoms with Gasteiger partial charge >= 0.3 is 0 Å². The van der Waals surface area contributed by atoms with E-state index in [-0.39, 0.29) is 23.8 Å². The minimum absolute atomic E-state index is 0.103. The molecule has 0 aliphatic carbocycles. The van der Waals surface area contributed by atoms with Crippen LogP contribution in [0.1, 0.15) is 24.8 Å². The second-order valence-corrected chi connectivity index (χ2v) is 9.10. The highest BCUT2D eigenvalue weighted by Gasteiger charge is 2.75. The molecule has 4 heterocycles. The number of amides is 3. The predicted octanol–water partition coefficient (Wildman–Crippen LogP) is 3.09. The summed E-state index contributed by atoms with van der Waals surface area (Å²) in [5.74, 6) is -1.77. The minimum atomic E-state index is -1.13. The summed E-state index contributed by atoms with van der Waals surface area (Å²) in [6, 6.07) is 16.7. The van der Waals surface area contributed by atoms with Crippen molar-refractivity contribution in [3.05, 3.63) is 72.8 Å². The molecule has 1 spiro atoms. The maximum Gasteiger partial charge on any atom is 0.253 e. The van der Waals surface area contributed by atoms with Crippen LogP contribution in [0.15, 0.2) is 67.3 Å². The average Bonchev–Trinajstić information content (AvgIpc) is 3.37. The van der Waals surface area contributed by atoms with Gasteiger partial charge in [-0.05, 0) is 37.6 Å². The van der Waals surface area contributed by atoms with Crippen LogP contribution in [0.4, 0.5) is 11.4 Å². The van der Waals surface area contributed by atoms with Crippen molar-refractivity contribution < 1.29 is 14.4 Å². The summed E-state index contributed by atoms with van der Waals surface area (Å²) in [4.78, 5) is 47.3. The SMILES string of the molecule is C=CCN1C(=O)[C@]2(c3ccccc31)[C@@H]1C(=O)N(c3ccccc3)C(=O)[C@@H]1[C@H]1CCCCN12. The molecule has 3 fully saturated rings. The summed E-state index contributed by atoms with van der Waals surface area (Å²) >= 11 is 0. The molecule has 3 amide bonds. The zero-order chi connectivity index (χ0) is 22.0. The normalized spacial score (nSPS) is 31.2. The fourth-order valence-electron chi connectivity index (χ4n) is 6.65. The Balaban J connectivity index is 1.58. The van der Waals surface area contributed by atoms with Crippen LogP contribution >= 0.6 is 0 Å². The first-order valence-electron chi connectivity index (χ1n) is 11.3. The molecule has 162 valence electrons. The third-order valence-corrected chi connectivity index (χ3v) is 7.72. The van der Waals surface area contributed by atoms with Crippen LogP contribution in [0.3, 0.4) is 0 Å². The molecule has 0 N–H and O–H groups in total. The van der Waals surface area contributed by atoms with E-state index in [1.54, 1.807) is 23.1 Å². The molecule has 0 unspecified atom stereocenters. The third-order valence-electron chi connectivity index (χ3n) is 7.72. The van der Waals surface area contributed by atoms with Crippen molar-refractivity contribution in [3.8, 4) is 0 Å². The van der Waals surface area contributed by atoms with Gasteiger partial charge in [-0.3, -0.25) is 19.3 Å². The monoisotopic (exact) mass is 427 g/mol. The highest BCUT2D eigenvalue weighted by Crippen LogP contribution is 2.61. The second-order valence-electron chi connectivity index (χ2n) is 9.10. The standard InChI is InChI=1S/C26H25N3O3/c1-2-15-27-19-13-7-6-12-18(19)26(25(27)32)22-21(20-14-8-9-16-28(20)26)23(30)29(24(22)31)17-10-4-3-5-11-17/h2-7,10-13,20-22H,1,8-9,14-16H2/t20-,21-,22+,26+/m1/s1. The Morgan fingerprint density at radius 3 is 2.50 bits per heavy atom. The van der Waals surface area contributed by atoms with E-state index in [1.807, 2.05) is 42.5 Å². The first kappa shape index (κ1) is 19.4. The molecule has 4 aliphatic rings. The minimum Gasteiger partial charge on any atom is -0.306 e. The van der Waals surface area contributed by atoms with Crippen molar-refractivity contribution in [2.24, 2.45) is 11.8 Å². The van der Waals surface area contributed by atoms with Gasteiger partial charge in [0.05, 0.1) is 17.5 Å². The summed E-state index contributed by atoms with van der Waals surface area (Å²) in [5.41, 5.74) is 1.12. The van der Waals surface area contributed by atoms with Crippen molar-refractivity contribution in [2.75, 3.05) is 22.9 Å². The van der Waals surface area contributed by atoms with Crippen LogP contribution < -0.4 is 9.80 Å². The van der Waals surface area contributed by atoms with E-state index in [4.69, 9.17) is 0 Å². The lowest BCUT2D eigenvalue weighted by atomic mass is 9.76. The van der Waals surface area contributed by atoms with Gasteiger partial charge in [-0.25, -0.2) is 4.90 Å². The molecule has 6 nitrogen and oxygen atoms in total. The Bertz CT molecular complexity index is 1150. The van der Waals surface area contributed by atoms with Crippen molar-refractivity contribution in [2.45, 2.75) is 30.8 Å². The fraction of sp³-hybridized carbons (Fsp3) is 0.346. The van der Waals surface area contributed by atoms with E-state index < -0.39 is 17.4 Å². The Kier molecular flexibility index (Phi) is 4.17. The van der Waals surface area contributed by atoms with Crippen LogP contribution in [-0.2, 0) is 19.9 Å². The van der Waals surface area contributed by atoms with Crippen LogP contribution in [-0.4, -0.2) is 41.8 Å². The summed E-state index contributed by atoms with van der Waals surface area (Å²) in [7, 11) is 0. The molecule has 2 aromatic rings. The Morgan fingerprint density at radius 2 is 1.72 bits per heavy atom. The molecule has 4 aliphatic heterocycles. The third kappa shape index (κ3) is 2.20. The van der Waals surface area contributed by atoms with E-state index in [0.29, 0.717) is 18.8 Å². The van der Waals surface area contributed by atoms with Gasteiger partial charge < -0.3 is 4.90 Å². The number of carbonyl (C=O) groups excluding carboxylic acids is 3. The number of hydrogen-bond acceptors (Lipinski definition) is 4. The van der Waals surface area contributed by atoms with E-state index in [9.17, 15) is 14.4 Å². The van der Waals surface area contributed by atoms with E-state index in [1.165, 1.54) is 4.90 Å². The Hall–Kier alpha value is -3.25. The van der Waals surface area contributed by atoms with Crippen LogP contribution in [0.5, 0.6) is 0 Å². The van der Waals surface area contributed by atoms with Gasteiger partial charge in [0, 0.05) is 23.8 Å². The summed E-state index contributed by atoms with van der Waals surface area (Å²) < 4.78 is 0. The molecule has 0 aromatic heterocycles. The maximum absolute atomic E-state index is 14.2. The van der Waals surface area contributed by atoms with Gasteiger partial charge in [0.2, 0.25) is 11.8 Å². The molecule has 3 saturated heterocycles. The Morgan fingerprint density at radius 1 is 0.969 bits per heavy atom. The zero-order valence-electron chi connectivity index (χ0n) is 17.8. The topological polar surface area (TPSA) is 60.9 Å². The lowest BCUT2D eigenvalue weighted by molar-refractivity contribution is -0.138. The first-order valence-corrected chi connectivity index (χ1v) is 11.3. The molecule has 6 rings (SSSR count). The smallest absolute Gasteiger partial charge is 0.253 e. The number of imide groups is 1. The van der Waals surface area contributed by atoms with Gasteiger partial charge in [0.1, 0.15) is 5.54 Å². The van der Waals surface area contributed by atoms with Crippen molar-refractivity contribution in [3.63, 3.8) is 0 Å². The number of fused-ring (bicyclic) bond motifs is 7. The highest BCUT2D eigenvalue weighted by atomic mass is 16.2. The molecule has 0 radical (unpaired) electrons. The number of anilines is 2. The fourth-order valence-corrected chi connectivity index (χ4v) is 6.65. The predicted molar refractivity (Wildman–Crippen MR) is 121 cm³/mol. The highest BCUT2D eigenvalue weighted by molar-refractivity contribution is 6.26. The van der Waals surface area contributed by atoms with Crippen LogP contribution in [0, 0.1) is 11.8 Å². The van der Waals surface area contributed by atoms with Gasteiger partial charge in [-0.1, -0.05) is 48.9 Å². The number of carbonyl (C=O) groups is 3. The molecule has 32 heavy (non-hydrogen) atoms. The molecule has 6 heteroatoms. The van der Waals surface area contributed by atoms with Crippen LogP contribution in [0.2, 0.25) is 0 Å². The van der Waals surface area contributed by atoms with E-state index in [2.05, 4.69) is 11.5 Å². The van der Waals surface area contributed by atoms with Gasteiger partial charge in [-0.15, -0.1) is 6.58 Å². The molecular weight excluding hydrogens is 402 g/mol. The Labute approximate surface area is 187 Å². The van der Waals surface area contributed by atoms with E-state index in [0.717, 1.165) is 30.5 Å². The van der Waals surface area contributed by atoms with Gasteiger partial charge in [0.15, 0.2) is 0 Å². The van der Waals surface area contributed by atoms with Crippen molar-refractivity contribution >= 4 is 29.1 Å². The van der Waals surface area contributed by atoms with Crippen molar-refractivity contribution in [1.82, 2.24) is 4.90 Å². The first-order chi connectivity index (χ1) is 15.6. The lowest BCUT2D eigenvalue weighted by Gasteiger charge is -2.42. The number of benzene rings is 2. The molecule has 2 aromatic carbocycles. The largest absolute Gasteiger partial charge is 0.306 e. The molecule has 4 atom stereocenters. The van der Waals surface area contributed by atoms with Crippen LogP contribution in [0.25, 0.3) is 0 Å². The summed E-state index contributed by atoms with van der Waals surface area (Å²) in [6.45, 7) is 4.92. The number of rotatable bonds is 3.